The second-order valence-electron chi connectivity index (χ2n) is 9.99. The molecule has 3 saturated heterocycles. The summed E-state index contributed by atoms with van der Waals surface area (Å²) < 4.78 is 25.9. The number of nitrogens with two attached hydrogens (primary N) is 1. The molecule has 0 aliphatic carbocycles. The van der Waals surface area contributed by atoms with Crippen molar-refractivity contribution in [1.82, 2.24) is 30.0 Å². The monoisotopic (exact) mass is 541 g/mol. The van der Waals surface area contributed by atoms with Gasteiger partial charge in [-0.3, -0.25) is 10.00 Å². The zero-order valence-corrected chi connectivity index (χ0v) is 21.4. The first-order valence-electron chi connectivity index (χ1n) is 12.1. The highest BCUT2D eigenvalue weighted by molar-refractivity contribution is 8.00. The molecule has 1 spiro atoms. The van der Waals surface area contributed by atoms with E-state index in [4.69, 9.17) is 15.2 Å². The zero-order chi connectivity index (χ0) is 25.2. The predicted molar refractivity (Wildman–Crippen MR) is 136 cm³/mol. The number of alkyl halides is 1. The number of halogens is 1. The van der Waals surface area contributed by atoms with Crippen LogP contribution < -0.4 is 20.1 Å². The molecule has 0 saturated carbocycles. The van der Waals surface area contributed by atoms with Crippen molar-refractivity contribution in [2.24, 2.45) is 0 Å². The highest BCUT2D eigenvalue weighted by Crippen LogP contribution is 2.57. The Morgan fingerprint density at radius 1 is 1.30 bits per heavy atom. The summed E-state index contributed by atoms with van der Waals surface area (Å²) in [6.45, 7) is 2.91. The molecule has 0 unspecified atom stereocenters. The van der Waals surface area contributed by atoms with E-state index in [0.29, 0.717) is 54.9 Å². The average Bonchev–Trinajstić information content (AvgIpc) is 3.64. The number of anilines is 2. The number of rotatable bonds is 6. The lowest BCUT2D eigenvalue weighted by atomic mass is 9.88. The first-order chi connectivity index (χ1) is 18.0. The highest BCUT2D eigenvalue weighted by Gasteiger charge is 2.53. The number of nitrogens with zero attached hydrogens (tertiary/aromatic N) is 7. The minimum atomic E-state index is -0.840. The number of hydrogen-bond acceptors (Lipinski definition) is 12. The minimum absolute atomic E-state index is 0.0928. The fraction of sp³-hybridized carbons (Fsp3) is 0.522. The van der Waals surface area contributed by atoms with Crippen molar-refractivity contribution in [2.75, 3.05) is 43.4 Å². The lowest BCUT2D eigenvalue weighted by molar-refractivity contribution is 0.106. The second-order valence-corrected chi connectivity index (χ2v) is 12.5. The number of fused-ring (bicyclic) bond motifs is 3. The van der Waals surface area contributed by atoms with Gasteiger partial charge in [0.05, 0.1) is 28.2 Å². The molecule has 0 aromatic carbocycles. The SMILES string of the molecule is N#Cc1c(N)sc2c1C1(CN(c3nc(OC[C@@]45CCCN4C[C@H](F)C5)nc(Oc4cn[nH]c4)n3)C1)SC2. The number of hydrogen-bond donors (Lipinski definition) is 2. The van der Waals surface area contributed by atoms with E-state index in [1.807, 2.05) is 16.7 Å². The third kappa shape index (κ3) is 3.71. The molecule has 0 radical (unpaired) electrons. The molecule has 2 atom stereocenters. The highest BCUT2D eigenvalue weighted by atomic mass is 32.2. The fourth-order valence-electron chi connectivity index (χ4n) is 6.06. The van der Waals surface area contributed by atoms with Crippen LogP contribution in [0.15, 0.2) is 12.4 Å². The summed E-state index contributed by atoms with van der Waals surface area (Å²) in [4.78, 5) is 18.9. The van der Waals surface area contributed by atoms with Gasteiger partial charge in [-0.05, 0) is 19.4 Å². The molecule has 7 rings (SSSR count). The molecular formula is C23H24FN9O2S2. The van der Waals surface area contributed by atoms with Gasteiger partial charge in [0.25, 0.3) is 0 Å². The van der Waals surface area contributed by atoms with Crippen LogP contribution in [-0.2, 0) is 10.5 Å². The smallest absolute Gasteiger partial charge is 0.330 e. The van der Waals surface area contributed by atoms with Gasteiger partial charge < -0.3 is 20.1 Å². The van der Waals surface area contributed by atoms with Crippen LogP contribution in [0.2, 0.25) is 0 Å². The van der Waals surface area contributed by atoms with E-state index >= 15 is 0 Å². The summed E-state index contributed by atoms with van der Waals surface area (Å²) in [5.41, 5.74) is 7.45. The van der Waals surface area contributed by atoms with E-state index in [2.05, 4.69) is 36.1 Å². The third-order valence-corrected chi connectivity index (χ3v) is 10.4. The Kier molecular flexibility index (Phi) is 5.24. The summed E-state index contributed by atoms with van der Waals surface area (Å²) in [6.07, 6.45) is 4.66. The van der Waals surface area contributed by atoms with Crippen molar-refractivity contribution < 1.29 is 13.9 Å². The molecule has 3 fully saturated rings. The van der Waals surface area contributed by atoms with Crippen LogP contribution >= 0.6 is 23.1 Å². The summed E-state index contributed by atoms with van der Waals surface area (Å²) >= 11 is 3.33. The van der Waals surface area contributed by atoms with Crippen LogP contribution in [0.3, 0.4) is 0 Å². The summed E-state index contributed by atoms with van der Waals surface area (Å²) in [6, 6.07) is 2.53. The minimum Gasteiger partial charge on any atom is -0.461 e. The number of thiophene rings is 1. The van der Waals surface area contributed by atoms with E-state index in [-0.39, 0.29) is 22.3 Å². The average molecular weight is 542 g/mol. The first kappa shape index (κ1) is 23.0. The number of ether oxygens (including phenoxy) is 2. The van der Waals surface area contributed by atoms with Gasteiger partial charge in [-0.2, -0.15) is 20.3 Å². The van der Waals surface area contributed by atoms with Gasteiger partial charge >= 0.3 is 12.0 Å². The summed E-state index contributed by atoms with van der Waals surface area (Å²) in [5.74, 6) is 1.73. The van der Waals surface area contributed by atoms with Gasteiger partial charge in [0.1, 0.15) is 23.8 Å². The maximum Gasteiger partial charge on any atom is 0.330 e. The standard InChI is InChI=1S/C23H24FN9O2S2/c24-13-4-22(2-1-3-33(22)8-13)12-34-20-29-19(30-21(31-20)35-14-6-27-28-7-14)32-10-23(11-32)17-15(5-25)18(26)37-16(17)9-36-23/h6-7,13H,1-4,8-12,26H2,(H,27,28)/t13-,22+/m1/s1. The van der Waals surface area contributed by atoms with E-state index in [1.165, 1.54) is 22.4 Å². The third-order valence-electron chi connectivity index (χ3n) is 7.73. The number of aromatic nitrogens is 5. The first-order valence-corrected chi connectivity index (χ1v) is 13.9. The van der Waals surface area contributed by atoms with Gasteiger partial charge in [0.2, 0.25) is 5.95 Å². The molecule has 37 heavy (non-hydrogen) atoms. The van der Waals surface area contributed by atoms with Crippen LogP contribution in [-0.4, -0.2) is 74.5 Å². The van der Waals surface area contributed by atoms with Crippen molar-refractivity contribution in [2.45, 2.75) is 41.5 Å². The lowest BCUT2D eigenvalue weighted by Gasteiger charge is -2.47. The Morgan fingerprint density at radius 2 is 2.16 bits per heavy atom. The molecule has 0 bridgehead atoms. The molecule has 14 heteroatoms. The van der Waals surface area contributed by atoms with Gasteiger partial charge in [0.15, 0.2) is 5.75 Å². The zero-order valence-electron chi connectivity index (χ0n) is 19.8. The molecule has 4 aliphatic heterocycles. The molecule has 4 aliphatic rings. The quantitative estimate of drug-likeness (QED) is 0.476. The lowest BCUT2D eigenvalue weighted by Crippen LogP contribution is -2.57. The molecule has 7 heterocycles. The van der Waals surface area contributed by atoms with Gasteiger partial charge in [-0.1, -0.05) is 0 Å². The molecule has 3 aromatic rings. The number of nitrogen functional groups attached to an aromatic ring is 1. The van der Waals surface area contributed by atoms with Gasteiger partial charge in [-0.25, -0.2) is 4.39 Å². The maximum absolute atomic E-state index is 14.2. The Balaban J connectivity index is 1.15. The van der Waals surface area contributed by atoms with E-state index in [1.54, 1.807) is 6.20 Å². The Bertz CT molecular complexity index is 1390. The maximum atomic E-state index is 14.2. The predicted octanol–water partition coefficient (Wildman–Crippen LogP) is 2.82. The van der Waals surface area contributed by atoms with Crippen molar-refractivity contribution >= 4 is 34.0 Å². The Morgan fingerprint density at radius 3 is 2.97 bits per heavy atom. The van der Waals surface area contributed by atoms with E-state index in [0.717, 1.165) is 30.7 Å². The normalized spacial score (nSPS) is 25.6. The number of thioether (sulfide) groups is 1. The second kappa shape index (κ2) is 8.44. The van der Waals surface area contributed by atoms with Gasteiger partial charge in [0, 0.05) is 42.2 Å². The largest absolute Gasteiger partial charge is 0.461 e. The molecule has 0 amide bonds. The van der Waals surface area contributed by atoms with Crippen molar-refractivity contribution in [3.63, 3.8) is 0 Å². The Hall–Kier alpha value is -3.15. The summed E-state index contributed by atoms with van der Waals surface area (Å²) in [7, 11) is 0. The van der Waals surface area contributed by atoms with Crippen molar-refractivity contribution in [3.8, 4) is 23.8 Å². The van der Waals surface area contributed by atoms with E-state index < -0.39 is 6.17 Å². The van der Waals surface area contributed by atoms with Crippen LogP contribution in [0, 0.1) is 11.3 Å². The molecule has 11 nitrogen and oxygen atoms in total. The number of nitriles is 1. The number of H-pyrrole nitrogens is 1. The van der Waals surface area contributed by atoms with Crippen LogP contribution in [0.4, 0.5) is 15.3 Å². The number of aromatic amines is 1. The topological polar surface area (TPSA) is 142 Å². The molecule has 3 aromatic heterocycles. The summed E-state index contributed by atoms with van der Waals surface area (Å²) in [5, 5.41) is 16.9. The Labute approximate surface area is 220 Å². The molecular weight excluding hydrogens is 517 g/mol. The van der Waals surface area contributed by atoms with Crippen molar-refractivity contribution in [1.29, 1.82) is 5.26 Å². The number of nitrogens with one attached hydrogen (secondary N) is 1. The van der Waals surface area contributed by atoms with E-state index in [9.17, 15) is 9.65 Å². The van der Waals surface area contributed by atoms with Crippen molar-refractivity contribution in [3.05, 3.63) is 28.4 Å². The van der Waals surface area contributed by atoms with Crippen LogP contribution in [0.5, 0.6) is 17.8 Å². The molecule has 3 N–H and O–H groups in total. The molecule has 192 valence electrons. The van der Waals surface area contributed by atoms with Crippen LogP contribution in [0.1, 0.15) is 35.3 Å². The van der Waals surface area contributed by atoms with Crippen LogP contribution in [0.25, 0.3) is 0 Å². The van der Waals surface area contributed by atoms with Gasteiger partial charge in [-0.15, -0.1) is 28.1 Å². The fourth-order valence-corrected chi connectivity index (χ4v) is 8.86.